The number of aliphatic carboxylic acids is 2. The Balaban J connectivity index is 3.00. The number of rotatable bonds is 8. The smallest absolute Gasteiger partial charge is 0.303 e. The molecular weight excluding hydrogens is 176 g/mol. The lowest BCUT2D eigenvalue weighted by molar-refractivity contribution is -0.138. The molecule has 0 aromatic carbocycles. The summed E-state index contributed by atoms with van der Waals surface area (Å²) in [7, 11) is 0. The first-order valence-corrected chi connectivity index (χ1v) is 4.14. The average molecular weight is 190 g/mol. The molecule has 13 heavy (non-hydrogen) atoms. The second-order valence-corrected chi connectivity index (χ2v) is 2.61. The van der Waals surface area contributed by atoms with Gasteiger partial charge in [-0.3, -0.25) is 9.59 Å². The zero-order chi connectivity index (χ0) is 10.1. The molecule has 0 fully saturated rings. The highest BCUT2D eigenvalue weighted by Crippen LogP contribution is 1.93. The molecule has 0 atom stereocenters. The maximum Gasteiger partial charge on any atom is 0.303 e. The van der Waals surface area contributed by atoms with Gasteiger partial charge in [0.25, 0.3) is 0 Å². The first-order chi connectivity index (χ1) is 6.13. The maximum atomic E-state index is 10.0. The van der Waals surface area contributed by atoms with Gasteiger partial charge in [-0.25, -0.2) is 0 Å². The van der Waals surface area contributed by atoms with Crippen molar-refractivity contribution in [2.24, 2.45) is 0 Å². The topological polar surface area (TPSA) is 83.8 Å². The molecule has 0 aromatic rings. The molecule has 0 radical (unpaired) electrons. The summed E-state index contributed by atoms with van der Waals surface area (Å²) >= 11 is 0. The van der Waals surface area contributed by atoms with E-state index in [0.29, 0.717) is 26.1 Å². The van der Waals surface area contributed by atoms with Gasteiger partial charge in [-0.05, 0) is 12.8 Å². The number of carbonyl (C=O) groups is 2. The zero-order valence-corrected chi connectivity index (χ0v) is 7.36. The Labute approximate surface area is 76.3 Å². The molecular formula is C8H14O5. The van der Waals surface area contributed by atoms with E-state index in [0.717, 1.165) is 0 Å². The van der Waals surface area contributed by atoms with Crippen molar-refractivity contribution in [3.05, 3.63) is 0 Å². The lowest BCUT2D eigenvalue weighted by atomic mass is 10.3. The number of carboxylic acids is 2. The van der Waals surface area contributed by atoms with Crippen molar-refractivity contribution in [3.8, 4) is 0 Å². The minimum Gasteiger partial charge on any atom is -0.481 e. The van der Waals surface area contributed by atoms with Gasteiger partial charge >= 0.3 is 11.9 Å². The molecule has 0 aliphatic rings. The Morgan fingerprint density at radius 3 is 1.62 bits per heavy atom. The second-order valence-electron chi connectivity index (χ2n) is 2.61. The van der Waals surface area contributed by atoms with Crippen LogP contribution in [-0.2, 0) is 14.3 Å². The van der Waals surface area contributed by atoms with E-state index in [2.05, 4.69) is 0 Å². The van der Waals surface area contributed by atoms with Crippen LogP contribution in [-0.4, -0.2) is 35.4 Å². The molecule has 0 amide bonds. The Kier molecular flexibility index (Phi) is 6.91. The number of hydrogen-bond donors (Lipinski definition) is 2. The molecule has 76 valence electrons. The van der Waals surface area contributed by atoms with Crippen LogP contribution in [0.25, 0.3) is 0 Å². The highest BCUT2D eigenvalue weighted by atomic mass is 16.5. The second kappa shape index (κ2) is 7.54. The van der Waals surface area contributed by atoms with Gasteiger partial charge in [-0.1, -0.05) is 0 Å². The summed E-state index contributed by atoms with van der Waals surface area (Å²) < 4.78 is 5.01. The normalized spacial score (nSPS) is 9.85. The van der Waals surface area contributed by atoms with Crippen LogP contribution in [0.2, 0.25) is 0 Å². The molecule has 2 N–H and O–H groups in total. The van der Waals surface area contributed by atoms with Crippen molar-refractivity contribution in [3.63, 3.8) is 0 Å². The van der Waals surface area contributed by atoms with Crippen LogP contribution in [0.1, 0.15) is 25.7 Å². The summed E-state index contributed by atoms with van der Waals surface area (Å²) in [6.07, 6.45) is 1.14. The van der Waals surface area contributed by atoms with Gasteiger partial charge in [0.15, 0.2) is 0 Å². The number of ether oxygens (including phenoxy) is 1. The van der Waals surface area contributed by atoms with Crippen molar-refractivity contribution < 1.29 is 24.5 Å². The molecule has 0 heterocycles. The SMILES string of the molecule is O=C(O)CCCOCCCC(=O)O. The maximum absolute atomic E-state index is 10.0. The van der Waals surface area contributed by atoms with E-state index < -0.39 is 11.9 Å². The van der Waals surface area contributed by atoms with E-state index in [1.165, 1.54) is 0 Å². The third kappa shape index (κ3) is 10.9. The number of hydrogen-bond acceptors (Lipinski definition) is 3. The van der Waals surface area contributed by atoms with Crippen molar-refractivity contribution >= 4 is 11.9 Å². The fourth-order valence-corrected chi connectivity index (χ4v) is 0.753. The van der Waals surface area contributed by atoms with Gasteiger partial charge in [-0.2, -0.15) is 0 Å². The highest BCUT2D eigenvalue weighted by Gasteiger charge is 1.98. The molecule has 0 aliphatic carbocycles. The van der Waals surface area contributed by atoms with Gasteiger partial charge in [0.2, 0.25) is 0 Å². The van der Waals surface area contributed by atoms with E-state index in [-0.39, 0.29) is 12.8 Å². The Morgan fingerprint density at radius 1 is 0.923 bits per heavy atom. The summed E-state index contributed by atoms with van der Waals surface area (Å²) in [6, 6.07) is 0. The first kappa shape index (κ1) is 11.9. The van der Waals surface area contributed by atoms with Crippen LogP contribution >= 0.6 is 0 Å². The Morgan fingerprint density at radius 2 is 1.31 bits per heavy atom. The Bertz CT molecular complexity index is 148. The van der Waals surface area contributed by atoms with E-state index in [1.807, 2.05) is 0 Å². The van der Waals surface area contributed by atoms with Crippen LogP contribution in [0.3, 0.4) is 0 Å². The van der Waals surface area contributed by atoms with Crippen LogP contribution < -0.4 is 0 Å². The average Bonchev–Trinajstić information content (AvgIpc) is 2.01. The summed E-state index contributed by atoms with van der Waals surface area (Å²) in [5.41, 5.74) is 0. The van der Waals surface area contributed by atoms with E-state index in [9.17, 15) is 9.59 Å². The van der Waals surface area contributed by atoms with Gasteiger partial charge < -0.3 is 14.9 Å². The molecule has 5 nitrogen and oxygen atoms in total. The minimum atomic E-state index is -0.839. The van der Waals surface area contributed by atoms with Crippen LogP contribution in [0.15, 0.2) is 0 Å². The van der Waals surface area contributed by atoms with Crippen LogP contribution in [0, 0.1) is 0 Å². The van der Waals surface area contributed by atoms with Crippen molar-refractivity contribution in [1.29, 1.82) is 0 Å². The summed E-state index contributed by atoms with van der Waals surface area (Å²) in [5, 5.41) is 16.5. The van der Waals surface area contributed by atoms with Crippen molar-refractivity contribution in [1.82, 2.24) is 0 Å². The lowest BCUT2D eigenvalue weighted by Crippen LogP contribution is -2.03. The first-order valence-electron chi connectivity index (χ1n) is 4.14. The fraction of sp³-hybridized carbons (Fsp3) is 0.750. The van der Waals surface area contributed by atoms with Crippen LogP contribution in [0.4, 0.5) is 0 Å². The zero-order valence-electron chi connectivity index (χ0n) is 7.36. The largest absolute Gasteiger partial charge is 0.481 e. The summed E-state index contributed by atoms with van der Waals surface area (Å²) in [4.78, 5) is 20.1. The summed E-state index contributed by atoms with van der Waals surface area (Å²) in [6.45, 7) is 0.762. The van der Waals surface area contributed by atoms with Gasteiger partial charge in [0.05, 0.1) is 0 Å². The predicted octanol–water partition coefficient (Wildman–Crippen LogP) is 0.733. The lowest BCUT2D eigenvalue weighted by Gasteiger charge is -2.00. The molecule has 0 aliphatic heterocycles. The molecule has 0 bridgehead atoms. The third-order valence-electron chi connectivity index (χ3n) is 1.36. The van der Waals surface area contributed by atoms with Gasteiger partial charge in [0, 0.05) is 26.1 Å². The van der Waals surface area contributed by atoms with Gasteiger partial charge in [0.1, 0.15) is 0 Å². The van der Waals surface area contributed by atoms with E-state index >= 15 is 0 Å². The molecule has 0 aromatic heterocycles. The third-order valence-corrected chi connectivity index (χ3v) is 1.36. The molecule has 0 rings (SSSR count). The summed E-state index contributed by atoms with van der Waals surface area (Å²) in [5.74, 6) is -1.68. The molecule has 0 unspecified atom stereocenters. The number of carboxylic acid groups (broad SMARTS) is 2. The molecule has 5 heteroatoms. The standard InChI is InChI=1S/C8H14O5/c9-7(10)3-1-5-13-6-2-4-8(11)12/h1-6H2,(H,9,10)(H,11,12). The fourth-order valence-electron chi connectivity index (χ4n) is 0.753. The van der Waals surface area contributed by atoms with Gasteiger partial charge in [-0.15, -0.1) is 0 Å². The van der Waals surface area contributed by atoms with Crippen LogP contribution in [0.5, 0.6) is 0 Å². The highest BCUT2D eigenvalue weighted by molar-refractivity contribution is 5.66. The minimum absolute atomic E-state index is 0.0962. The molecule has 0 spiro atoms. The monoisotopic (exact) mass is 190 g/mol. The van der Waals surface area contributed by atoms with Crippen molar-refractivity contribution in [2.75, 3.05) is 13.2 Å². The van der Waals surface area contributed by atoms with E-state index in [1.54, 1.807) is 0 Å². The quantitative estimate of drug-likeness (QED) is 0.551. The van der Waals surface area contributed by atoms with Crippen molar-refractivity contribution in [2.45, 2.75) is 25.7 Å². The molecule has 0 saturated carbocycles. The predicted molar refractivity (Wildman–Crippen MR) is 44.6 cm³/mol. The molecule has 0 saturated heterocycles. The Hall–Kier alpha value is -1.10. The van der Waals surface area contributed by atoms with E-state index in [4.69, 9.17) is 14.9 Å².